The zero-order valence-corrected chi connectivity index (χ0v) is 10.7. The van der Waals surface area contributed by atoms with Gasteiger partial charge in [0.15, 0.2) is 0 Å². The lowest BCUT2D eigenvalue weighted by Crippen LogP contribution is -2.27. The average Bonchev–Trinajstić information content (AvgIpc) is 2.35. The number of hydrogen-bond acceptors (Lipinski definition) is 4. The molecule has 1 amide bonds. The molecule has 6 N–H and O–H groups in total. The molecule has 0 saturated carbocycles. The molecule has 0 heterocycles. The predicted molar refractivity (Wildman–Crippen MR) is 73.5 cm³/mol. The molecular formula is C13H17N3O3. The van der Waals surface area contributed by atoms with Gasteiger partial charge in [-0.1, -0.05) is 19.9 Å². The van der Waals surface area contributed by atoms with Crippen LogP contribution in [0.15, 0.2) is 24.4 Å². The van der Waals surface area contributed by atoms with Crippen molar-refractivity contribution in [1.82, 2.24) is 5.32 Å². The van der Waals surface area contributed by atoms with Gasteiger partial charge in [0.2, 0.25) is 0 Å². The first-order chi connectivity index (χ1) is 8.88. The molecule has 6 heteroatoms. The molecule has 0 spiro atoms. The van der Waals surface area contributed by atoms with Gasteiger partial charge in [0.1, 0.15) is 5.70 Å². The third-order valence-corrected chi connectivity index (χ3v) is 2.66. The number of carbonyl (C=O) groups excluding carboxylic acids is 1. The van der Waals surface area contributed by atoms with Gasteiger partial charge < -0.3 is 21.9 Å². The van der Waals surface area contributed by atoms with Crippen LogP contribution in [0.1, 0.15) is 29.3 Å². The fraction of sp³-hybridized carbons (Fsp3) is 0.231. The molecule has 0 fully saturated rings. The highest BCUT2D eigenvalue weighted by molar-refractivity contribution is 6.02. The first-order valence-electron chi connectivity index (χ1n) is 5.78. The summed E-state index contributed by atoms with van der Waals surface area (Å²) in [4.78, 5) is 22.6. The van der Waals surface area contributed by atoms with Gasteiger partial charge >= 0.3 is 5.97 Å². The van der Waals surface area contributed by atoms with Crippen LogP contribution in [0.5, 0.6) is 0 Å². The van der Waals surface area contributed by atoms with Gasteiger partial charge in [-0.2, -0.15) is 0 Å². The first-order valence-corrected chi connectivity index (χ1v) is 5.78. The van der Waals surface area contributed by atoms with Crippen LogP contribution in [0, 0.1) is 0 Å². The number of anilines is 2. The number of carboxylic acid groups (broad SMARTS) is 1. The Morgan fingerprint density at radius 3 is 2.53 bits per heavy atom. The Labute approximate surface area is 111 Å². The van der Waals surface area contributed by atoms with E-state index in [1.165, 1.54) is 12.1 Å². The summed E-state index contributed by atoms with van der Waals surface area (Å²) in [6.07, 6.45) is 1.37. The monoisotopic (exact) mass is 263 g/mol. The van der Waals surface area contributed by atoms with E-state index < -0.39 is 11.9 Å². The number of carboxylic acids is 1. The molecular weight excluding hydrogens is 246 g/mol. The predicted octanol–water partition coefficient (Wildman–Crippen LogP) is 1.13. The number of hydrogen-bond donors (Lipinski definition) is 4. The van der Waals surface area contributed by atoms with Gasteiger partial charge in [0.05, 0.1) is 11.4 Å². The van der Waals surface area contributed by atoms with Gasteiger partial charge in [-0.15, -0.1) is 0 Å². The average molecular weight is 263 g/mol. The highest BCUT2D eigenvalue weighted by Crippen LogP contribution is 2.25. The lowest BCUT2D eigenvalue weighted by atomic mass is 9.99. The fourth-order valence-electron chi connectivity index (χ4n) is 1.67. The third-order valence-electron chi connectivity index (χ3n) is 2.66. The van der Waals surface area contributed by atoms with Gasteiger partial charge in [0.25, 0.3) is 5.91 Å². The molecule has 0 saturated heterocycles. The largest absolute Gasteiger partial charge is 0.477 e. The zero-order chi connectivity index (χ0) is 14.6. The Hall–Kier alpha value is -2.50. The standard InChI is InChI=1S/C13H17N3O3/c1-3-4-8-9(5-6-10(14)11(8)15)12(17)16-7(2)13(18)19/h5-6H,2-4,14-15H2,1H3,(H,16,17)(H,18,19). The number of benzene rings is 1. The van der Waals surface area contributed by atoms with E-state index in [9.17, 15) is 9.59 Å². The molecule has 0 aromatic heterocycles. The molecule has 0 unspecified atom stereocenters. The van der Waals surface area contributed by atoms with Crippen LogP contribution < -0.4 is 16.8 Å². The van der Waals surface area contributed by atoms with Crippen LogP contribution in [0.2, 0.25) is 0 Å². The number of rotatable bonds is 5. The van der Waals surface area contributed by atoms with Crippen molar-refractivity contribution in [2.24, 2.45) is 0 Å². The minimum Gasteiger partial charge on any atom is -0.477 e. The van der Waals surface area contributed by atoms with Crippen molar-refractivity contribution in [1.29, 1.82) is 0 Å². The summed E-state index contributed by atoms with van der Waals surface area (Å²) in [5.41, 5.74) is 12.9. The highest BCUT2D eigenvalue weighted by atomic mass is 16.4. The van der Waals surface area contributed by atoms with Gasteiger partial charge in [-0.05, 0) is 24.1 Å². The van der Waals surface area contributed by atoms with Crippen molar-refractivity contribution in [3.8, 4) is 0 Å². The summed E-state index contributed by atoms with van der Waals surface area (Å²) in [5, 5.41) is 10.9. The van der Waals surface area contributed by atoms with Crippen molar-refractivity contribution < 1.29 is 14.7 Å². The summed E-state index contributed by atoms with van der Waals surface area (Å²) in [6.45, 7) is 5.19. The van der Waals surface area contributed by atoms with Crippen LogP contribution in [0.3, 0.4) is 0 Å². The van der Waals surface area contributed by atoms with E-state index in [1.54, 1.807) is 0 Å². The second-order valence-corrected chi connectivity index (χ2v) is 4.08. The van der Waals surface area contributed by atoms with Crippen LogP contribution in [-0.2, 0) is 11.2 Å². The van der Waals surface area contributed by atoms with Crippen molar-refractivity contribution >= 4 is 23.3 Å². The maximum Gasteiger partial charge on any atom is 0.351 e. The van der Waals surface area contributed by atoms with Gasteiger partial charge in [-0.3, -0.25) is 4.79 Å². The summed E-state index contributed by atoms with van der Waals surface area (Å²) in [5.74, 6) is -1.84. The summed E-state index contributed by atoms with van der Waals surface area (Å²) in [6, 6.07) is 3.05. The van der Waals surface area contributed by atoms with E-state index in [0.29, 0.717) is 28.9 Å². The normalized spacial score (nSPS) is 9.95. The van der Waals surface area contributed by atoms with Crippen molar-refractivity contribution in [3.05, 3.63) is 35.5 Å². The molecule has 0 atom stereocenters. The zero-order valence-electron chi connectivity index (χ0n) is 10.7. The van der Waals surface area contributed by atoms with E-state index in [4.69, 9.17) is 16.6 Å². The number of aliphatic carboxylic acids is 1. The van der Waals surface area contributed by atoms with Crippen molar-refractivity contribution in [3.63, 3.8) is 0 Å². The van der Waals surface area contributed by atoms with E-state index in [-0.39, 0.29) is 5.70 Å². The molecule has 19 heavy (non-hydrogen) atoms. The molecule has 1 aromatic carbocycles. The Kier molecular flexibility index (Phi) is 4.52. The Bertz CT molecular complexity index is 538. The molecule has 0 aliphatic heterocycles. The number of nitrogen functional groups attached to an aromatic ring is 2. The van der Waals surface area contributed by atoms with E-state index in [0.717, 1.165) is 6.42 Å². The van der Waals surface area contributed by atoms with Crippen molar-refractivity contribution in [2.75, 3.05) is 11.5 Å². The van der Waals surface area contributed by atoms with Gasteiger partial charge in [-0.25, -0.2) is 4.79 Å². The molecule has 0 bridgehead atoms. The summed E-state index contributed by atoms with van der Waals surface area (Å²) < 4.78 is 0. The Morgan fingerprint density at radius 1 is 1.37 bits per heavy atom. The van der Waals surface area contributed by atoms with Crippen LogP contribution >= 0.6 is 0 Å². The molecule has 1 aromatic rings. The van der Waals surface area contributed by atoms with E-state index >= 15 is 0 Å². The van der Waals surface area contributed by atoms with Crippen molar-refractivity contribution in [2.45, 2.75) is 19.8 Å². The van der Waals surface area contributed by atoms with E-state index in [1.807, 2.05) is 6.92 Å². The minimum absolute atomic E-state index is 0.316. The van der Waals surface area contributed by atoms with E-state index in [2.05, 4.69) is 11.9 Å². The highest BCUT2D eigenvalue weighted by Gasteiger charge is 2.17. The first kappa shape index (κ1) is 14.6. The SMILES string of the molecule is C=C(NC(=O)c1ccc(N)c(N)c1CCC)C(=O)O. The minimum atomic E-state index is -1.28. The lowest BCUT2D eigenvalue weighted by Gasteiger charge is -2.13. The molecule has 0 aliphatic rings. The fourth-order valence-corrected chi connectivity index (χ4v) is 1.67. The number of nitrogens with one attached hydrogen (secondary N) is 1. The third kappa shape index (κ3) is 3.25. The maximum atomic E-state index is 12.0. The molecule has 0 radical (unpaired) electrons. The molecule has 0 aliphatic carbocycles. The second kappa shape index (κ2) is 5.90. The number of carbonyl (C=O) groups is 2. The Morgan fingerprint density at radius 2 is 2.00 bits per heavy atom. The van der Waals surface area contributed by atoms with Crippen LogP contribution in [0.25, 0.3) is 0 Å². The molecule has 1 rings (SSSR count). The summed E-state index contributed by atoms with van der Waals surface area (Å²) in [7, 11) is 0. The topological polar surface area (TPSA) is 118 Å². The molecule has 6 nitrogen and oxygen atoms in total. The smallest absolute Gasteiger partial charge is 0.351 e. The van der Waals surface area contributed by atoms with Crippen LogP contribution in [0.4, 0.5) is 11.4 Å². The second-order valence-electron chi connectivity index (χ2n) is 4.08. The van der Waals surface area contributed by atoms with Crippen LogP contribution in [-0.4, -0.2) is 17.0 Å². The number of nitrogens with two attached hydrogens (primary N) is 2. The number of amides is 1. The quantitative estimate of drug-likeness (QED) is 0.469. The lowest BCUT2D eigenvalue weighted by molar-refractivity contribution is -0.132. The molecule has 102 valence electrons. The maximum absolute atomic E-state index is 12.0. The summed E-state index contributed by atoms with van der Waals surface area (Å²) >= 11 is 0. The van der Waals surface area contributed by atoms with Gasteiger partial charge in [0, 0.05) is 5.56 Å². The Balaban J connectivity index is 3.12.